The summed E-state index contributed by atoms with van der Waals surface area (Å²) in [6.07, 6.45) is 0.711. The molecule has 3 nitrogen and oxygen atoms in total. The summed E-state index contributed by atoms with van der Waals surface area (Å²) >= 11 is 5.93. The fourth-order valence-electron chi connectivity index (χ4n) is 1.08. The largest absolute Gasteiger partial charge is 0.293 e. The number of carbonyl (C=O) groups is 1. The maximum atomic E-state index is 11.1. The van der Waals surface area contributed by atoms with Crippen molar-refractivity contribution in [3.63, 3.8) is 0 Å². The first kappa shape index (κ1) is 10.1. The van der Waals surface area contributed by atoms with E-state index in [4.69, 9.17) is 11.6 Å². The highest BCUT2D eigenvalue weighted by Gasteiger charge is 2.12. The molecule has 0 aliphatic carbocycles. The van der Waals surface area contributed by atoms with Crippen LogP contribution in [0.25, 0.3) is 0 Å². The Balaban J connectivity index is 3.35. The van der Waals surface area contributed by atoms with Crippen molar-refractivity contribution in [1.29, 1.82) is 0 Å². The van der Waals surface area contributed by atoms with Crippen LogP contribution in [0.3, 0.4) is 0 Å². The van der Waals surface area contributed by atoms with Crippen LogP contribution in [0.15, 0.2) is 0 Å². The van der Waals surface area contributed by atoms with E-state index in [0.29, 0.717) is 23.0 Å². The maximum Gasteiger partial charge on any atom is 0.179 e. The van der Waals surface area contributed by atoms with Gasteiger partial charge in [0.25, 0.3) is 0 Å². The SMILES string of the molecule is CCc1nc(C)nc(C(C)=O)c1Cl. The van der Waals surface area contributed by atoms with Gasteiger partial charge in [-0.1, -0.05) is 18.5 Å². The lowest BCUT2D eigenvalue weighted by Gasteiger charge is -2.05. The highest BCUT2D eigenvalue weighted by Crippen LogP contribution is 2.18. The second-order valence-electron chi connectivity index (χ2n) is 2.79. The van der Waals surface area contributed by atoms with Crippen molar-refractivity contribution in [2.24, 2.45) is 0 Å². The molecule has 0 radical (unpaired) electrons. The molecule has 4 heteroatoms. The number of aromatic nitrogens is 2. The molecule has 0 saturated carbocycles. The van der Waals surface area contributed by atoms with Gasteiger partial charge in [0.2, 0.25) is 0 Å². The second-order valence-corrected chi connectivity index (χ2v) is 3.17. The van der Waals surface area contributed by atoms with E-state index in [9.17, 15) is 4.79 Å². The van der Waals surface area contributed by atoms with Gasteiger partial charge in [0.05, 0.1) is 10.7 Å². The lowest BCUT2D eigenvalue weighted by atomic mass is 10.2. The van der Waals surface area contributed by atoms with Gasteiger partial charge >= 0.3 is 0 Å². The van der Waals surface area contributed by atoms with Crippen molar-refractivity contribution in [3.05, 3.63) is 22.2 Å². The summed E-state index contributed by atoms with van der Waals surface area (Å²) in [4.78, 5) is 19.2. The zero-order valence-electron chi connectivity index (χ0n) is 7.89. The highest BCUT2D eigenvalue weighted by atomic mass is 35.5. The predicted molar refractivity (Wildman–Crippen MR) is 51.2 cm³/mol. The summed E-state index contributed by atoms with van der Waals surface area (Å²) in [5, 5.41) is 0.389. The van der Waals surface area contributed by atoms with E-state index in [1.807, 2.05) is 6.92 Å². The molecule has 0 spiro atoms. The first-order chi connectivity index (χ1) is 6.06. The number of halogens is 1. The molecule has 1 heterocycles. The van der Waals surface area contributed by atoms with E-state index in [0.717, 1.165) is 5.69 Å². The van der Waals surface area contributed by atoms with Gasteiger partial charge in [-0.15, -0.1) is 0 Å². The zero-order chi connectivity index (χ0) is 10.0. The first-order valence-electron chi connectivity index (χ1n) is 4.10. The average Bonchev–Trinajstić information content (AvgIpc) is 2.08. The Kier molecular flexibility index (Phi) is 2.98. The van der Waals surface area contributed by atoms with E-state index in [-0.39, 0.29) is 5.78 Å². The molecule has 70 valence electrons. The van der Waals surface area contributed by atoms with Crippen LogP contribution in [-0.2, 0) is 6.42 Å². The smallest absolute Gasteiger partial charge is 0.179 e. The molecule has 0 N–H and O–H groups in total. The van der Waals surface area contributed by atoms with Crippen LogP contribution in [-0.4, -0.2) is 15.8 Å². The van der Waals surface area contributed by atoms with Crippen molar-refractivity contribution >= 4 is 17.4 Å². The van der Waals surface area contributed by atoms with Crippen molar-refractivity contribution in [2.45, 2.75) is 27.2 Å². The number of rotatable bonds is 2. The van der Waals surface area contributed by atoms with Crippen LogP contribution >= 0.6 is 11.6 Å². The Labute approximate surface area is 82.2 Å². The number of nitrogens with zero attached hydrogens (tertiary/aromatic N) is 2. The van der Waals surface area contributed by atoms with E-state index in [1.54, 1.807) is 6.92 Å². The molecule has 0 unspecified atom stereocenters. The number of ketones is 1. The summed E-state index contributed by atoms with van der Waals surface area (Å²) in [6.45, 7) is 5.15. The van der Waals surface area contributed by atoms with Gasteiger partial charge < -0.3 is 0 Å². The maximum absolute atomic E-state index is 11.1. The topological polar surface area (TPSA) is 42.9 Å². The molecule has 0 aliphatic heterocycles. The molecule has 1 aromatic rings. The van der Waals surface area contributed by atoms with E-state index >= 15 is 0 Å². The number of hydrogen-bond acceptors (Lipinski definition) is 3. The summed E-state index contributed by atoms with van der Waals surface area (Å²) in [7, 11) is 0. The Hall–Kier alpha value is -0.960. The van der Waals surface area contributed by atoms with Crippen molar-refractivity contribution < 1.29 is 4.79 Å². The standard InChI is InChI=1S/C9H11ClN2O/c1-4-7-8(10)9(5(2)13)12-6(3)11-7/h4H2,1-3H3. The van der Waals surface area contributed by atoms with Crippen LogP contribution < -0.4 is 0 Å². The molecule has 1 rings (SSSR count). The second kappa shape index (κ2) is 3.83. The van der Waals surface area contributed by atoms with Crippen LogP contribution in [0, 0.1) is 6.92 Å². The van der Waals surface area contributed by atoms with Crippen LogP contribution in [0.5, 0.6) is 0 Å². The molecule has 0 aliphatic rings. The third-order valence-corrected chi connectivity index (χ3v) is 2.10. The minimum absolute atomic E-state index is 0.120. The summed E-state index contributed by atoms with van der Waals surface area (Å²) in [5.41, 5.74) is 1.06. The number of Topliss-reactive ketones (excluding diaryl/α,β-unsaturated/α-hetero) is 1. The van der Waals surface area contributed by atoms with Crippen molar-refractivity contribution in [2.75, 3.05) is 0 Å². The number of hydrogen-bond donors (Lipinski definition) is 0. The van der Waals surface area contributed by atoms with Gasteiger partial charge in [0, 0.05) is 6.92 Å². The lowest BCUT2D eigenvalue weighted by Crippen LogP contribution is -2.05. The Morgan fingerprint density at radius 2 is 2.08 bits per heavy atom. The van der Waals surface area contributed by atoms with Gasteiger partial charge in [0.15, 0.2) is 5.78 Å². The first-order valence-corrected chi connectivity index (χ1v) is 4.48. The minimum Gasteiger partial charge on any atom is -0.293 e. The van der Waals surface area contributed by atoms with Gasteiger partial charge in [0.1, 0.15) is 11.5 Å². The molecule has 0 aromatic carbocycles. The molecule has 1 aromatic heterocycles. The molecule has 0 bridgehead atoms. The minimum atomic E-state index is -0.120. The summed E-state index contributed by atoms with van der Waals surface area (Å²) in [5.74, 6) is 0.469. The normalized spacial score (nSPS) is 10.2. The zero-order valence-corrected chi connectivity index (χ0v) is 8.64. The molecular weight excluding hydrogens is 188 g/mol. The average molecular weight is 199 g/mol. The van der Waals surface area contributed by atoms with E-state index in [1.165, 1.54) is 6.92 Å². The molecule has 0 fully saturated rings. The van der Waals surface area contributed by atoms with Gasteiger partial charge in [-0.2, -0.15) is 0 Å². The molecule has 13 heavy (non-hydrogen) atoms. The Morgan fingerprint density at radius 1 is 1.46 bits per heavy atom. The quantitative estimate of drug-likeness (QED) is 0.685. The third kappa shape index (κ3) is 2.04. The summed E-state index contributed by atoms with van der Waals surface area (Å²) in [6, 6.07) is 0. The molecule has 0 amide bonds. The lowest BCUT2D eigenvalue weighted by molar-refractivity contribution is 0.101. The Bertz CT molecular complexity index is 350. The van der Waals surface area contributed by atoms with Gasteiger partial charge in [-0.05, 0) is 13.3 Å². The van der Waals surface area contributed by atoms with Crippen molar-refractivity contribution in [1.82, 2.24) is 9.97 Å². The fourth-order valence-corrected chi connectivity index (χ4v) is 1.44. The predicted octanol–water partition coefficient (Wildman–Crippen LogP) is 2.20. The van der Waals surface area contributed by atoms with Crippen molar-refractivity contribution in [3.8, 4) is 0 Å². The fraction of sp³-hybridized carbons (Fsp3) is 0.444. The molecular formula is C9H11ClN2O. The highest BCUT2D eigenvalue weighted by molar-refractivity contribution is 6.34. The monoisotopic (exact) mass is 198 g/mol. The third-order valence-electron chi connectivity index (χ3n) is 1.70. The van der Waals surface area contributed by atoms with Crippen LogP contribution in [0.4, 0.5) is 0 Å². The van der Waals surface area contributed by atoms with E-state index < -0.39 is 0 Å². The van der Waals surface area contributed by atoms with Gasteiger partial charge in [-0.3, -0.25) is 4.79 Å². The number of aryl methyl sites for hydroxylation is 2. The summed E-state index contributed by atoms with van der Waals surface area (Å²) < 4.78 is 0. The Morgan fingerprint density at radius 3 is 2.54 bits per heavy atom. The van der Waals surface area contributed by atoms with Crippen LogP contribution in [0.2, 0.25) is 5.02 Å². The molecule has 0 atom stereocenters. The molecule has 0 saturated heterocycles. The van der Waals surface area contributed by atoms with Gasteiger partial charge in [-0.25, -0.2) is 9.97 Å². The van der Waals surface area contributed by atoms with E-state index in [2.05, 4.69) is 9.97 Å². The number of carbonyl (C=O) groups excluding carboxylic acids is 1. The van der Waals surface area contributed by atoms with Crippen LogP contribution in [0.1, 0.15) is 35.9 Å².